The fourth-order valence-electron chi connectivity index (χ4n) is 1.05. The summed E-state index contributed by atoms with van der Waals surface area (Å²) < 4.78 is 0. The average molecular weight is 174 g/mol. The second kappa shape index (κ2) is 3.99. The number of allylic oxidation sites excluding steroid dienone is 1. The van der Waals surface area contributed by atoms with Gasteiger partial charge in [0.1, 0.15) is 0 Å². The van der Waals surface area contributed by atoms with Crippen molar-refractivity contribution < 1.29 is 0 Å². The first-order valence-electron chi connectivity index (χ1n) is 4.27. The van der Waals surface area contributed by atoms with E-state index in [4.69, 9.17) is 0 Å². The minimum Gasteiger partial charge on any atom is -0.262 e. The molecule has 1 heterocycles. The fraction of sp³-hybridized carbons (Fsp3) is 0.273. The summed E-state index contributed by atoms with van der Waals surface area (Å²) in [6, 6.07) is 3.74. The molecule has 0 saturated heterocycles. The van der Waals surface area contributed by atoms with Crippen molar-refractivity contribution in [1.29, 1.82) is 0 Å². The van der Waals surface area contributed by atoms with Crippen LogP contribution in [0.3, 0.4) is 0 Å². The van der Waals surface area contributed by atoms with Crippen molar-refractivity contribution in [2.75, 3.05) is 0 Å². The van der Waals surface area contributed by atoms with Crippen molar-refractivity contribution in [1.82, 2.24) is 4.98 Å². The Morgan fingerprint density at radius 2 is 2.23 bits per heavy atom. The largest absolute Gasteiger partial charge is 0.262 e. The third-order valence-corrected chi connectivity index (χ3v) is 1.96. The molecule has 0 aliphatic carbocycles. The minimum absolute atomic E-state index is 0.385. The number of hydrogen-bond donors (Lipinski definition) is 0. The van der Waals surface area contributed by atoms with Gasteiger partial charge in [0.25, 0.3) is 0 Å². The van der Waals surface area contributed by atoms with Crippen LogP contribution in [0.2, 0.25) is 0 Å². The molecule has 0 radical (unpaired) electrons. The summed E-state index contributed by atoms with van der Waals surface area (Å²) in [4.78, 5) is 8.14. The van der Waals surface area contributed by atoms with Crippen molar-refractivity contribution in [3.05, 3.63) is 30.6 Å². The van der Waals surface area contributed by atoms with Gasteiger partial charge in [-0.05, 0) is 30.3 Å². The predicted molar refractivity (Wildman–Crippen MR) is 57.3 cm³/mol. The van der Waals surface area contributed by atoms with Gasteiger partial charge in [0.2, 0.25) is 0 Å². The predicted octanol–water partition coefficient (Wildman–Crippen LogP) is 3.08. The molecular weight excluding hydrogens is 160 g/mol. The molecule has 1 aromatic heterocycles. The highest BCUT2D eigenvalue weighted by Crippen LogP contribution is 2.26. The van der Waals surface area contributed by atoms with E-state index in [-0.39, 0.29) is 0 Å². The lowest BCUT2D eigenvalue weighted by atomic mass is 10.0. The molecule has 0 N–H and O–H groups in total. The summed E-state index contributed by atoms with van der Waals surface area (Å²) in [5.74, 6) is 0.385. The number of rotatable bonds is 3. The van der Waals surface area contributed by atoms with E-state index >= 15 is 0 Å². The number of aromatic nitrogens is 1. The SMILES string of the molecule is C=Nc1cccnc1C(=C)C(C)C. The maximum absolute atomic E-state index is 4.24. The smallest absolute Gasteiger partial charge is 0.0914 e. The van der Waals surface area contributed by atoms with Gasteiger partial charge in [-0.3, -0.25) is 9.98 Å². The zero-order chi connectivity index (χ0) is 9.84. The molecule has 0 aromatic carbocycles. The van der Waals surface area contributed by atoms with Gasteiger partial charge < -0.3 is 0 Å². The van der Waals surface area contributed by atoms with E-state index in [1.807, 2.05) is 12.1 Å². The van der Waals surface area contributed by atoms with Crippen molar-refractivity contribution in [2.45, 2.75) is 13.8 Å². The topological polar surface area (TPSA) is 25.2 Å². The van der Waals surface area contributed by atoms with Gasteiger partial charge in [-0.15, -0.1) is 0 Å². The summed E-state index contributed by atoms with van der Waals surface area (Å²) in [5.41, 5.74) is 2.66. The second-order valence-electron chi connectivity index (χ2n) is 3.21. The summed E-state index contributed by atoms with van der Waals surface area (Å²) in [6.45, 7) is 11.7. The highest BCUT2D eigenvalue weighted by Gasteiger charge is 2.08. The molecule has 0 unspecified atom stereocenters. The molecule has 13 heavy (non-hydrogen) atoms. The standard InChI is InChI=1S/C11H14N2/c1-8(2)9(3)11-10(12-4)6-5-7-13-11/h5-8H,3-4H2,1-2H3. The lowest BCUT2D eigenvalue weighted by molar-refractivity contribution is 0.851. The Balaban J connectivity index is 3.13. The molecular formula is C11H14N2. The van der Waals surface area contributed by atoms with Gasteiger partial charge >= 0.3 is 0 Å². The molecule has 68 valence electrons. The van der Waals surface area contributed by atoms with Crippen molar-refractivity contribution in [2.24, 2.45) is 10.9 Å². The summed E-state index contributed by atoms with van der Waals surface area (Å²) in [6.07, 6.45) is 1.75. The average Bonchev–Trinajstić information content (AvgIpc) is 2.16. The Hall–Kier alpha value is -1.44. The quantitative estimate of drug-likeness (QED) is 0.646. The first-order valence-corrected chi connectivity index (χ1v) is 4.27. The van der Waals surface area contributed by atoms with Crippen LogP contribution in [-0.4, -0.2) is 11.7 Å². The van der Waals surface area contributed by atoms with Crippen LogP contribution in [0.1, 0.15) is 19.5 Å². The molecule has 0 aliphatic rings. The molecule has 0 fully saturated rings. The van der Waals surface area contributed by atoms with Crippen LogP contribution in [0.4, 0.5) is 5.69 Å². The van der Waals surface area contributed by atoms with Crippen molar-refractivity contribution in [3.8, 4) is 0 Å². The lowest BCUT2D eigenvalue weighted by Crippen LogP contribution is -1.95. The van der Waals surface area contributed by atoms with Crippen LogP contribution in [0.5, 0.6) is 0 Å². The normalized spacial score (nSPS) is 10.1. The molecule has 0 amide bonds. The van der Waals surface area contributed by atoms with Crippen LogP contribution < -0.4 is 0 Å². The summed E-state index contributed by atoms with van der Waals surface area (Å²) in [7, 11) is 0. The number of aliphatic imine (C=N–C) groups is 1. The zero-order valence-corrected chi connectivity index (χ0v) is 8.12. The zero-order valence-electron chi connectivity index (χ0n) is 8.12. The Morgan fingerprint density at radius 1 is 1.54 bits per heavy atom. The van der Waals surface area contributed by atoms with Gasteiger partial charge in [-0.1, -0.05) is 20.4 Å². The van der Waals surface area contributed by atoms with Crippen LogP contribution in [0, 0.1) is 5.92 Å². The summed E-state index contributed by atoms with van der Waals surface area (Å²) >= 11 is 0. The van der Waals surface area contributed by atoms with Crippen LogP contribution in [-0.2, 0) is 0 Å². The molecule has 0 aliphatic heterocycles. The third kappa shape index (κ3) is 2.02. The van der Waals surface area contributed by atoms with Crippen LogP contribution in [0.25, 0.3) is 5.57 Å². The maximum atomic E-state index is 4.24. The van der Waals surface area contributed by atoms with E-state index in [0.717, 1.165) is 17.0 Å². The van der Waals surface area contributed by atoms with Gasteiger partial charge in [0.15, 0.2) is 0 Å². The molecule has 0 atom stereocenters. The van der Waals surface area contributed by atoms with E-state index in [1.165, 1.54) is 0 Å². The van der Waals surface area contributed by atoms with Crippen LogP contribution in [0.15, 0.2) is 29.9 Å². The van der Waals surface area contributed by atoms with Gasteiger partial charge in [0.05, 0.1) is 11.4 Å². The van der Waals surface area contributed by atoms with E-state index in [9.17, 15) is 0 Å². The monoisotopic (exact) mass is 174 g/mol. The molecule has 2 heteroatoms. The van der Waals surface area contributed by atoms with Gasteiger partial charge in [-0.25, -0.2) is 0 Å². The molecule has 1 rings (SSSR count). The first kappa shape index (κ1) is 9.65. The molecule has 0 spiro atoms. The van der Waals surface area contributed by atoms with Crippen molar-refractivity contribution in [3.63, 3.8) is 0 Å². The van der Waals surface area contributed by atoms with E-state index in [2.05, 4.69) is 37.1 Å². The van der Waals surface area contributed by atoms with Crippen molar-refractivity contribution >= 4 is 18.0 Å². The van der Waals surface area contributed by atoms with Gasteiger partial charge in [0, 0.05) is 6.20 Å². The summed E-state index contributed by atoms with van der Waals surface area (Å²) in [5, 5.41) is 0. The molecule has 0 saturated carbocycles. The maximum Gasteiger partial charge on any atom is 0.0914 e. The number of pyridine rings is 1. The van der Waals surface area contributed by atoms with Gasteiger partial charge in [-0.2, -0.15) is 0 Å². The lowest BCUT2D eigenvalue weighted by Gasteiger charge is -2.10. The number of nitrogens with zero attached hydrogens (tertiary/aromatic N) is 2. The second-order valence-corrected chi connectivity index (χ2v) is 3.21. The molecule has 2 nitrogen and oxygen atoms in total. The fourth-order valence-corrected chi connectivity index (χ4v) is 1.05. The van der Waals surface area contributed by atoms with E-state index < -0.39 is 0 Å². The minimum atomic E-state index is 0.385. The molecule has 0 bridgehead atoms. The third-order valence-electron chi connectivity index (χ3n) is 1.96. The Bertz CT molecular complexity index is 327. The Kier molecular flexibility index (Phi) is 2.96. The first-order chi connectivity index (χ1) is 6.16. The van der Waals surface area contributed by atoms with E-state index in [1.54, 1.807) is 6.20 Å². The Labute approximate surface area is 79.0 Å². The number of hydrogen-bond acceptors (Lipinski definition) is 2. The van der Waals surface area contributed by atoms with E-state index in [0.29, 0.717) is 5.92 Å². The van der Waals surface area contributed by atoms with Crippen LogP contribution >= 0.6 is 0 Å². The molecule has 1 aromatic rings. The Morgan fingerprint density at radius 3 is 2.77 bits per heavy atom. The highest BCUT2D eigenvalue weighted by molar-refractivity contribution is 5.71. The highest BCUT2D eigenvalue weighted by atomic mass is 14.8.